The van der Waals surface area contributed by atoms with Crippen LogP contribution in [0.15, 0.2) is 30.3 Å². The van der Waals surface area contributed by atoms with E-state index in [1.165, 1.54) is 0 Å². The molecule has 0 spiro atoms. The summed E-state index contributed by atoms with van der Waals surface area (Å²) in [5, 5.41) is 0. The number of fused-ring (bicyclic) bond motifs is 1. The quantitative estimate of drug-likeness (QED) is 0.781. The zero-order valence-electron chi connectivity index (χ0n) is 16.5. The minimum Gasteiger partial charge on any atom is -0.445 e. The number of carbonyl (C=O) groups is 1. The highest BCUT2D eigenvalue weighted by Gasteiger charge is 2.45. The second-order valence-electron chi connectivity index (χ2n) is 5.99. The van der Waals surface area contributed by atoms with E-state index < -0.39 is 5.79 Å². The van der Waals surface area contributed by atoms with Gasteiger partial charge in [0.15, 0.2) is 5.79 Å². The summed E-state index contributed by atoms with van der Waals surface area (Å²) in [7, 11) is 0. The first kappa shape index (κ1) is 21.5. The van der Waals surface area contributed by atoms with Crippen LogP contribution in [0.3, 0.4) is 0 Å². The van der Waals surface area contributed by atoms with E-state index in [0.717, 1.165) is 12.0 Å². The van der Waals surface area contributed by atoms with Gasteiger partial charge in [0.25, 0.3) is 0 Å². The molecule has 3 rings (SSSR count). The number of piperidine rings is 1. The number of nitrogens with zero attached hydrogens (tertiary/aromatic N) is 1. The summed E-state index contributed by atoms with van der Waals surface area (Å²) in [5.74, 6) is -0.556. The smallest absolute Gasteiger partial charge is 0.410 e. The largest absolute Gasteiger partial charge is 0.445 e. The molecular formula is C20H33NO4. The van der Waals surface area contributed by atoms with E-state index in [0.29, 0.717) is 19.7 Å². The Morgan fingerprint density at radius 1 is 1.12 bits per heavy atom. The molecule has 2 saturated heterocycles. The van der Waals surface area contributed by atoms with Crippen LogP contribution in [-0.2, 0) is 20.8 Å². The molecule has 5 nitrogen and oxygen atoms in total. The third-order valence-electron chi connectivity index (χ3n) is 3.83. The lowest BCUT2D eigenvalue weighted by atomic mass is 10.1. The zero-order valence-corrected chi connectivity index (χ0v) is 16.5. The molecule has 1 aromatic carbocycles. The van der Waals surface area contributed by atoms with Gasteiger partial charge in [-0.25, -0.2) is 4.79 Å². The highest BCUT2D eigenvalue weighted by atomic mass is 16.8. The fraction of sp³-hybridized carbons (Fsp3) is 0.650. The predicted octanol–water partition coefficient (Wildman–Crippen LogP) is 4.60. The normalized spacial score (nSPS) is 23.4. The lowest BCUT2D eigenvalue weighted by molar-refractivity contribution is -0.145. The van der Waals surface area contributed by atoms with Crippen LogP contribution in [0.1, 0.15) is 53.5 Å². The maximum absolute atomic E-state index is 12.1. The number of ether oxygens (including phenoxy) is 3. The molecule has 0 aromatic heterocycles. The zero-order chi connectivity index (χ0) is 18.9. The molecule has 5 heteroatoms. The number of likely N-dealkylation sites (tertiary alicyclic amines) is 1. The highest BCUT2D eigenvalue weighted by molar-refractivity contribution is 5.67. The predicted molar refractivity (Wildman–Crippen MR) is 99.3 cm³/mol. The minimum atomic E-state index is -0.556. The Morgan fingerprint density at radius 2 is 1.72 bits per heavy atom. The maximum Gasteiger partial charge on any atom is 0.410 e. The van der Waals surface area contributed by atoms with Crippen molar-refractivity contribution >= 4 is 6.09 Å². The van der Waals surface area contributed by atoms with Crippen molar-refractivity contribution in [1.82, 2.24) is 4.90 Å². The summed E-state index contributed by atoms with van der Waals surface area (Å²) in [6, 6.07) is 9.68. The Hall–Kier alpha value is -1.59. The summed E-state index contributed by atoms with van der Waals surface area (Å²) >= 11 is 0. The second kappa shape index (κ2) is 10.4. The van der Waals surface area contributed by atoms with E-state index >= 15 is 0 Å². The Labute approximate surface area is 152 Å². The average Bonchev–Trinajstić information content (AvgIpc) is 2.96. The summed E-state index contributed by atoms with van der Waals surface area (Å²) in [6.07, 6.45) is 0.524. The number of rotatable bonds is 2. The van der Waals surface area contributed by atoms with Crippen LogP contribution < -0.4 is 0 Å². The molecule has 0 N–H and O–H groups in total. The molecule has 2 fully saturated rings. The van der Waals surface area contributed by atoms with Gasteiger partial charge < -0.3 is 19.1 Å². The molecule has 25 heavy (non-hydrogen) atoms. The van der Waals surface area contributed by atoms with E-state index in [9.17, 15) is 4.79 Å². The van der Waals surface area contributed by atoms with Crippen molar-refractivity contribution in [2.45, 2.75) is 72.6 Å². The summed E-state index contributed by atoms with van der Waals surface area (Å²) in [6.45, 7) is 13.3. The third kappa shape index (κ3) is 6.33. The van der Waals surface area contributed by atoms with Crippen LogP contribution in [0, 0.1) is 0 Å². The van der Waals surface area contributed by atoms with E-state index in [2.05, 4.69) is 0 Å². The molecular weight excluding hydrogens is 318 g/mol. The first-order valence-electron chi connectivity index (χ1n) is 9.35. The van der Waals surface area contributed by atoms with Crippen LogP contribution in [0.25, 0.3) is 0 Å². The summed E-state index contributed by atoms with van der Waals surface area (Å²) in [4.78, 5) is 13.8. The Kier molecular flexibility index (Phi) is 8.93. The number of hydrogen-bond donors (Lipinski definition) is 0. The Balaban J connectivity index is 0.000000730. The maximum atomic E-state index is 12.1. The first-order chi connectivity index (χ1) is 12.0. The third-order valence-corrected chi connectivity index (χ3v) is 3.83. The molecule has 2 atom stereocenters. The van der Waals surface area contributed by atoms with E-state index in [4.69, 9.17) is 14.2 Å². The number of benzene rings is 1. The molecule has 0 aliphatic carbocycles. The summed E-state index contributed by atoms with van der Waals surface area (Å²) < 4.78 is 17.0. The molecule has 0 bridgehead atoms. The number of amides is 1. The molecule has 2 aliphatic rings. The van der Waals surface area contributed by atoms with E-state index in [1.54, 1.807) is 4.90 Å². The van der Waals surface area contributed by atoms with Gasteiger partial charge in [-0.05, 0) is 25.8 Å². The van der Waals surface area contributed by atoms with Gasteiger partial charge in [0.2, 0.25) is 0 Å². The van der Waals surface area contributed by atoms with Crippen LogP contribution >= 0.6 is 0 Å². The Bertz CT molecular complexity index is 504. The standard InChI is InChI=1S/C16H21NO4.2C2H6/c1-16(2)20-13-8-9-17(10-14(13)21-16)15(18)19-11-12-6-4-3-5-7-12;2*1-2/h3-7,13-14H,8-11H2,1-2H3;2*1-2H3. The van der Waals surface area contributed by atoms with Crippen molar-refractivity contribution in [3.05, 3.63) is 35.9 Å². The Morgan fingerprint density at radius 3 is 2.36 bits per heavy atom. The van der Waals surface area contributed by atoms with Crippen molar-refractivity contribution in [2.24, 2.45) is 0 Å². The molecule has 2 unspecified atom stereocenters. The van der Waals surface area contributed by atoms with Crippen molar-refractivity contribution in [3.8, 4) is 0 Å². The van der Waals surface area contributed by atoms with Gasteiger partial charge in [0, 0.05) is 6.54 Å². The topological polar surface area (TPSA) is 48.0 Å². The molecule has 1 aromatic rings. The van der Waals surface area contributed by atoms with Gasteiger partial charge in [0.05, 0.1) is 12.6 Å². The number of hydrogen-bond acceptors (Lipinski definition) is 4. The van der Waals surface area contributed by atoms with Gasteiger partial charge in [-0.1, -0.05) is 58.0 Å². The summed E-state index contributed by atoms with van der Waals surface area (Å²) in [5.41, 5.74) is 0.988. The van der Waals surface area contributed by atoms with Gasteiger partial charge in [-0.2, -0.15) is 0 Å². The average molecular weight is 351 g/mol. The van der Waals surface area contributed by atoms with Crippen molar-refractivity contribution in [1.29, 1.82) is 0 Å². The van der Waals surface area contributed by atoms with Crippen LogP contribution in [0.5, 0.6) is 0 Å². The van der Waals surface area contributed by atoms with Crippen molar-refractivity contribution in [2.75, 3.05) is 13.1 Å². The van der Waals surface area contributed by atoms with Crippen LogP contribution in [-0.4, -0.2) is 42.1 Å². The lowest BCUT2D eigenvalue weighted by Crippen LogP contribution is -2.47. The van der Waals surface area contributed by atoms with Crippen molar-refractivity contribution in [3.63, 3.8) is 0 Å². The first-order valence-corrected chi connectivity index (χ1v) is 9.35. The fourth-order valence-electron chi connectivity index (χ4n) is 2.88. The highest BCUT2D eigenvalue weighted by Crippen LogP contribution is 2.33. The van der Waals surface area contributed by atoms with E-state index in [-0.39, 0.29) is 18.3 Å². The molecule has 142 valence electrons. The fourth-order valence-corrected chi connectivity index (χ4v) is 2.88. The monoisotopic (exact) mass is 351 g/mol. The van der Waals surface area contributed by atoms with Gasteiger partial charge >= 0.3 is 6.09 Å². The minimum absolute atomic E-state index is 0.0574. The molecule has 2 aliphatic heterocycles. The van der Waals surface area contributed by atoms with Crippen LogP contribution in [0.4, 0.5) is 4.79 Å². The molecule has 1 amide bonds. The lowest BCUT2D eigenvalue weighted by Gasteiger charge is -2.32. The molecule has 2 heterocycles. The second-order valence-corrected chi connectivity index (χ2v) is 5.99. The van der Waals surface area contributed by atoms with Gasteiger partial charge in [0.1, 0.15) is 12.7 Å². The number of carbonyl (C=O) groups excluding carboxylic acids is 1. The molecule has 0 saturated carbocycles. The SMILES string of the molecule is CC.CC.CC1(C)OC2CCN(C(=O)OCc3ccccc3)CC2O1. The van der Waals surface area contributed by atoms with Gasteiger partial charge in [-0.3, -0.25) is 0 Å². The van der Waals surface area contributed by atoms with E-state index in [1.807, 2.05) is 71.9 Å². The molecule has 0 radical (unpaired) electrons. The van der Waals surface area contributed by atoms with Crippen molar-refractivity contribution < 1.29 is 19.0 Å². The van der Waals surface area contributed by atoms with Gasteiger partial charge in [-0.15, -0.1) is 0 Å². The van der Waals surface area contributed by atoms with Crippen LogP contribution in [0.2, 0.25) is 0 Å².